The van der Waals surface area contributed by atoms with E-state index in [1.807, 2.05) is 12.1 Å². The van der Waals surface area contributed by atoms with Crippen molar-refractivity contribution in [1.29, 1.82) is 0 Å². The monoisotopic (exact) mass is 624 g/mol. The summed E-state index contributed by atoms with van der Waals surface area (Å²) < 4.78 is 25.2. The maximum absolute atomic E-state index is 13.4. The SMILES string of the molecule is COc1cc(-n2cnn3cc(-c4ccc(Cl)cc4)cc3c2=O)ccc1OC[C@@H](C)OC(=O)[C@@H](NC(=O)OC(C)(C)C)C(C)C. The highest BCUT2D eigenvalue weighted by Gasteiger charge is 2.29. The Morgan fingerprint density at radius 1 is 1.00 bits per heavy atom. The molecule has 0 aliphatic heterocycles. The van der Waals surface area contributed by atoms with Crippen LogP contribution >= 0.6 is 11.6 Å². The van der Waals surface area contributed by atoms with Crippen LogP contribution < -0.4 is 20.3 Å². The molecule has 44 heavy (non-hydrogen) atoms. The van der Waals surface area contributed by atoms with E-state index in [0.29, 0.717) is 27.7 Å². The number of rotatable bonds is 10. The summed E-state index contributed by atoms with van der Waals surface area (Å²) in [4.78, 5) is 38.4. The van der Waals surface area contributed by atoms with Gasteiger partial charge in [-0.05, 0) is 69.5 Å². The van der Waals surface area contributed by atoms with Crippen LogP contribution in [0.3, 0.4) is 0 Å². The number of halogens is 1. The van der Waals surface area contributed by atoms with E-state index in [1.165, 1.54) is 22.5 Å². The van der Waals surface area contributed by atoms with Crippen LogP contribution in [-0.4, -0.2) is 57.7 Å². The molecular weight excluding hydrogens is 588 g/mol. The van der Waals surface area contributed by atoms with Crippen LogP contribution in [0.15, 0.2) is 65.8 Å². The molecule has 1 amide bonds. The van der Waals surface area contributed by atoms with Crippen molar-refractivity contribution in [3.63, 3.8) is 0 Å². The molecule has 0 saturated heterocycles. The van der Waals surface area contributed by atoms with Crippen LogP contribution in [0.25, 0.3) is 22.3 Å². The molecule has 0 fully saturated rings. The molecule has 0 saturated carbocycles. The molecule has 0 unspecified atom stereocenters. The molecule has 0 bridgehead atoms. The predicted molar refractivity (Wildman–Crippen MR) is 167 cm³/mol. The summed E-state index contributed by atoms with van der Waals surface area (Å²) in [7, 11) is 1.49. The van der Waals surface area contributed by atoms with Gasteiger partial charge < -0.3 is 24.3 Å². The molecule has 2 heterocycles. The molecule has 1 N–H and O–H groups in total. The number of nitrogens with zero attached hydrogens (tertiary/aromatic N) is 3. The van der Waals surface area contributed by atoms with Crippen molar-refractivity contribution in [3.05, 3.63) is 76.4 Å². The summed E-state index contributed by atoms with van der Waals surface area (Å²) >= 11 is 6.01. The van der Waals surface area contributed by atoms with E-state index in [-0.39, 0.29) is 18.1 Å². The van der Waals surface area contributed by atoms with Gasteiger partial charge in [-0.1, -0.05) is 37.6 Å². The molecule has 2 atom stereocenters. The fraction of sp³-hybridized carbons (Fsp3) is 0.375. The first-order valence-electron chi connectivity index (χ1n) is 14.1. The second kappa shape index (κ2) is 13.4. The molecule has 2 aromatic carbocycles. The van der Waals surface area contributed by atoms with Gasteiger partial charge >= 0.3 is 12.1 Å². The number of nitrogens with one attached hydrogen (secondary N) is 1. The number of ether oxygens (including phenoxy) is 4. The molecule has 4 aromatic rings. The zero-order valence-electron chi connectivity index (χ0n) is 25.8. The van der Waals surface area contributed by atoms with Crippen molar-refractivity contribution in [3.8, 4) is 28.3 Å². The molecule has 12 heteroatoms. The van der Waals surface area contributed by atoms with Gasteiger partial charge in [0, 0.05) is 22.8 Å². The third-order valence-electron chi connectivity index (χ3n) is 6.52. The zero-order valence-corrected chi connectivity index (χ0v) is 26.5. The molecule has 4 rings (SSSR count). The lowest BCUT2D eigenvalue weighted by Gasteiger charge is -2.25. The average molecular weight is 625 g/mol. The summed E-state index contributed by atoms with van der Waals surface area (Å²) in [5.41, 5.74) is 1.69. The highest BCUT2D eigenvalue weighted by Crippen LogP contribution is 2.30. The number of hydrogen-bond acceptors (Lipinski definition) is 8. The smallest absolute Gasteiger partial charge is 0.408 e. The molecule has 0 aliphatic carbocycles. The Kier molecular flexibility index (Phi) is 9.88. The highest BCUT2D eigenvalue weighted by atomic mass is 35.5. The van der Waals surface area contributed by atoms with Crippen LogP contribution in [0.4, 0.5) is 4.79 Å². The molecule has 11 nitrogen and oxygen atoms in total. The van der Waals surface area contributed by atoms with E-state index in [2.05, 4.69) is 10.4 Å². The number of alkyl carbamates (subject to hydrolysis) is 1. The third-order valence-corrected chi connectivity index (χ3v) is 6.77. The minimum absolute atomic E-state index is 0.0177. The second-order valence-electron chi connectivity index (χ2n) is 11.6. The van der Waals surface area contributed by atoms with E-state index in [0.717, 1.165) is 11.1 Å². The van der Waals surface area contributed by atoms with Crippen molar-refractivity contribution in [1.82, 2.24) is 19.5 Å². The van der Waals surface area contributed by atoms with E-state index >= 15 is 0 Å². The Balaban J connectivity index is 1.45. The van der Waals surface area contributed by atoms with Crippen LogP contribution in [0.5, 0.6) is 11.5 Å². The van der Waals surface area contributed by atoms with Crippen LogP contribution in [0, 0.1) is 5.92 Å². The number of amides is 1. The number of methoxy groups -OCH3 is 1. The third kappa shape index (κ3) is 7.90. The topological polar surface area (TPSA) is 122 Å². The number of carbonyl (C=O) groups is 2. The van der Waals surface area contributed by atoms with Gasteiger partial charge in [-0.15, -0.1) is 0 Å². The Morgan fingerprint density at radius 3 is 2.34 bits per heavy atom. The first kappa shape index (κ1) is 32.4. The summed E-state index contributed by atoms with van der Waals surface area (Å²) in [6, 6.07) is 13.3. The van der Waals surface area contributed by atoms with E-state index in [9.17, 15) is 14.4 Å². The lowest BCUT2D eigenvalue weighted by Crippen LogP contribution is -2.48. The number of aromatic nitrogens is 3. The number of hydrogen-bond donors (Lipinski definition) is 1. The normalized spacial score (nSPS) is 12.9. The number of esters is 1. The Morgan fingerprint density at radius 2 is 1.70 bits per heavy atom. The van der Waals surface area contributed by atoms with Gasteiger partial charge in [-0.3, -0.25) is 9.36 Å². The van der Waals surface area contributed by atoms with Gasteiger partial charge in [0.05, 0.1) is 12.8 Å². The van der Waals surface area contributed by atoms with Gasteiger partial charge in [-0.2, -0.15) is 5.10 Å². The van der Waals surface area contributed by atoms with E-state index < -0.39 is 29.8 Å². The fourth-order valence-electron chi connectivity index (χ4n) is 4.34. The van der Waals surface area contributed by atoms with Crippen LogP contribution in [0.1, 0.15) is 41.5 Å². The second-order valence-corrected chi connectivity index (χ2v) is 12.1. The first-order chi connectivity index (χ1) is 20.8. The minimum Gasteiger partial charge on any atom is -0.493 e. The summed E-state index contributed by atoms with van der Waals surface area (Å²) in [5, 5.41) is 7.62. The average Bonchev–Trinajstić information content (AvgIpc) is 3.39. The molecule has 0 radical (unpaired) electrons. The minimum atomic E-state index is -0.895. The summed E-state index contributed by atoms with van der Waals surface area (Å²) in [6.07, 6.45) is 1.88. The maximum atomic E-state index is 13.4. The molecular formula is C32H37ClN4O7. The zero-order chi connectivity index (χ0) is 32.2. The van der Waals surface area contributed by atoms with E-state index in [4.69, 9.17) is 30.5 Å². The van der Waals surface area contributed by atoms with Gasteiger partial charge in [-0.25, -0.2) is 14.1 Å². The van der Waals surface area contributed by atoms with Crippen molar-refractivity contribution in [2.75, 3.05) is 13.7 Å². The number of fused-ring (bicyclic) bond motifs is 1. The molecule has 0 spiro atoms. The molecule has 0 aliphatic rings. The van der Waals surface area contributed by atoms with Crippen LogP contribution in [0.2, 0.25) is 5.02 Å². The molecule has 2 aromatic heterocycles. The largest absolute Gasteiger partial charge is 0.493 e. The van der Waals surface area contributed by atoms with Gasteiger partial charge in [0.2, 0.25) is 0 Å². The maximum Gasteiger partial charge on any atom is 0.408 e. The van der Waals surface area contributed by atoms with Crippen molar-refractivity contribution >= 4 is 29.2 Å². The van der Waals surface area contributed by atoms with Crippen molar-refractivity contribution in [2.24, 2.45) is 5.92 Å². The summed E-state index contributed by atoms with van der Waals surface area (Å²) in [5.74, 6) is -0.0715. The van der Waals surface area contributed by atoms with Crippen molar-refractivity contribution < 1.29 is 28.5 Å². The van der Waals surface area contributed by atoms with Crippen LogP contribution in [-0.2, 0) is 14.3 Å². The Bertz CT molecular complexity index is 1690. The Labute approximate surface area is 260 Å². The Hall–Kier alpha value is -4.51. The van der Waals surface area contributed by atoms with Gasteiger partial charge in [0.15, 0.2) is 11.5 Å². The van der Waals surface area contributed by atoms with Gasteiger partial charge in [0.25, 0.3) is 5.56 Å². The summed E-state index contributed by atoms with van der Waals surface area (Å²) in [6.45, 7) is 10.5. The lowest BCUT2D eigenvalue weighted by atomic mass is 10.1. The highest BCUT2D eigenvalue weighted by molar-refractivity contribution is 6.30. The quantitative estimate of drug-likeness (QED) is 0.224. The number of carbonyl (C=O) groups excluding carboxylic acids is 2. The van der Waals surface area contributed by atoms with Gasteiger partial charge in [0.1, 0.15) is 36.2 Å². The predicted octanol–water partition coefficient (Wildman–Crippen LogP) is 5.67. The molecule has 234 valence electrons. The fourth-order valence-corrected chi connectivity index (χ4v) is 4.47. The van der Waals surface area contributed by atoms with E-state index in [1.54, 1.807) is 84.1 Å². The standard InChI is InChI=1S/C32H37ClN4O7/c1-19(2)28(35-31(40)44-32(4,5)6)30(39)43-20(3)17-42-26-13-12-24(15-27(26)41-7)36-18-34-37-16-22(14-25(37)29(36)38)21-8-10-23(33)11-9-21/h8-16,18-20,28H,17H2,1-7H3,(H,35,40)/t20-,28+/m1/s1. The lowest BCUT2D eigenvalue weighted by molar-refractivity contribution is -0.153. The van der Waals surface area contributed by atoms with Crippen molar-refractivity contribution in [2.45, 2.75) is 59.3 Å². The first-order valence-corrected chi connectivity index (χ1v) is 14.5. The number of benzene rings is 2.